The van der Waals surface area contributed by atoms with Crippen LogP contribution in [0.15, 0.2) is 53.4 Å². The maximum absolute atomic E-state index is 13.9. The van der Waals surface area contributed by atoms with Crippen molar-refractivity contribution in [2.75, 3.05) is 5.75 Å². The number of thiocarbonyl (C=S) groups is 1. The predicted octanol–water partition coefficient (Wildman–Crippen LogP) is 4.59. The summed E-state index contributed by atoms with van der Waals surface area (Å²) < 4.78 is 13.9. The average Bonchev–Trinajstić information content (AvgIpc) is 2.56. The summed E-state index contributed by atoms with van der Waals surface area (Å²) >= 11 is 7.03. The molecular weight excluding hydrogens is 327 g/mol. The quantitative estimate of drug-likeness (QED) is 0.794. The van der Waals surface area contributed by atoms with Crippen LogP contribution >= 0.6 is 24.0 Å². The average molecular weight is 346 g/mol. The molecule has 2 N–H and O–H groups in total. The van der Waals surface area contributed by atoms with Gasteiger partial charge in [-0.15, -0.1) is 11.8 Å². The van der Waals surface area contributed by atoms with Gasteiger partial charge in [0.05, 0.1) is 12.1 Å². The van der Waals surface area contributed by atoms with Crippen LogP contribution < -0.4 is 10.6 Å². The van der Waals surface area contributed by atoms with Gasteiger partial charge >= 0.3 is 0 Å². The van der Waals surface area contributed by atoms with E-state index in [1.807, 2.05) is 24.3 Å². The lowest BCUT2D eigenvalue weighted by molar-refractivity contribution is 0.553. The fraction of sp³-hybridized carbons (Fsp3) is 0.278. The standard InChI is InChI=1S/C18H19FN2S2/c1-12(13-6-3-2-4-7-13)20-18(22)21-16-10-11-23-17-14(16)8-5-9-15(17)19/h2-9,12,16H,10-11H2,1H3,(H2,20,21,22)/t12-,16-/m1/s1. The molecule has 2 aromatic carbocycles. The molecular formula is C18H19FN2S2. The Bertz CT molecular complexity index is 691. The number of fused-ring (bicyclic) bond motifs is 1. The molecule has 120 valence electrons. The molecule has 0 bridgehead atoms. The number of rotatable bonds is 3. The van der Waals surface area contributed by atoms with Crippen molar-refractivity contribution in [2.45, 2.75) is 30.3 Å². The minimum absolute atomic E-state index is 0.0601. The normalized spacial score (nSPS) is 17.9. The molecule has 2 nitrogen and oxygen atoms in total. The Balaban J connectivity index is 1.67. The first kappa shape index (κ1) is 16.3. The molecule has 0 saturated heterocycles. The lowest BCUT2D eigenvalue weighted by atomic mass is 10.0. The molecule has 0 fully saturated rings. The summed E-state index contributed by atoms with van der Waals surface area (Å²) in [6.45, 7) is 2.08. The second-order valence-electron chi connectivity index (χ2n) is 5.60. The van der Waals surface area contributed by atoms with Crippen LogP contribution in [0.4, 0.5) is 4.39 Å². The van der Waals surface area contributed by atoms with E-state index in [0.717, 1.165) is 22.6 Å². The third kappa shape index (κ3) is 3.85. The van der Waals surface area contributed by atoms with E-state index >= 15 is 0 Å². The predicted molar refractivity (Wildman–Crippen MR) is 98.2 cm³/mol. The summed E-state index contributed by atoms with van der Waals surface area (Å²) in [6, 6.07) is 15.6. The zero-order chi connectivity index (χ0) is 16.2. The van der Waals surface area contributed by atoms with Crippen molar-refractivity contribution < 1.29 is 4.39 Å². The van der Waals surface area contributed by atoms with E-state index in [1.54, 1.807) is 17.8 Å². The lowest BCUT2D eigenvalue weighted by Gasteiger charge is -2.28. The SMILES string of the molecule is C[C@@H](NC(=S)N[C@@H]1CCSc2c(F)cccc21)c1ccccc1. The van der Waals surface area contributed by atoms with Crippen molar-refractivity contribution in [1.82, 2.24) is 10.6 Å². The number of hydrogen-bond donors (Lipinski definition) is 2. The summed E-state index contributed by atoms with van der Waals surface area (Å²) in [6.07, 6.45) is 0.933. The van der Waals surface area contributed by atoms with Gasteiger partial charge < -0.3 is 10.6 Å². The van der Waals surface area contributed by atoms with Crippen molar-refractivity contribution in [3.05, 3.63) is 65.5 Å². The van der Waals surface area contributed by atoms with Crippen LogP contribution in [0.3, 0.4) is 0 Å². The van der Waals surface area contributed by atoms with Gasteiger partial charge in [0.25, 0.3) is 0 Å². The highest BCUT2D eigenvalue weighted by atomic mass is 32.2. The van der Waals surface area contributed by atoms with Gasteiger partial charge in [-0.2, -0.15) is 0 Å². The summed E-state index contributed by atoms with van der Waals surface area (Å²) in [5, 5.41) is 7.26. The summed E-state index contributed by atoms with van der Waals surface area (Å²) in [5.74, 6) is 0.748. The van der Waals surface area contributed by atoms with Crippen LogP contribution in [0.1, 0.15) is 36.6 Å². The third-order valence-electron chi connectivity index (χ3n) is 3.98. The smallest absolute Gasteiger partial charge is 0.167 e. The van der Waals surface area contributed by atoms with Gasteiger partial charge in [-0.3, -0.25) is 0 Å². The lowest BCUT2D eigenvalue weighted by Crippen LogP contribution is -2.40. The number of thioether (sulfide) groups is 1. The highest BCUT2D eigenvalue weighted by molar-refractivity contribution is 7.99. The highest BCUT2D eigenvalue weighted by Gasteiger charge is 2.23. The van der Waals surface area contributed by atoms with Crippen LogP contribution in [0, 0.1) is 5.82 Å². The molecule has 2 aromatic rings. The van der Waals surface area contributed by atoms with Gasteiger partial charge in [0, 0.05) is 10.6 Å². The molecule has 23 heavy (non-hydrogen) atoms. The molecule has 1 heterocycles. The first-order chi connectivity index (χ1) is 11.1. The zero-order valence-corrected chi connectivity index (χ0v) is 14.5. The molecule has 5 heteroatoms. The van der Waals surface area contributed by atoms with E-state index in [1.165, 1.54) is 11.6 Å². The fourth-order valence-corrected chi connectivity index (χ4v) is 4.22. The molecule has 2 atom stereocenters. The van der Waals surface area contributed by atoms with E-state index in [2.05, 4.69) is 29.7 Å². The molecule has 0 spiro atoms. The van der Waals surface area contributed by atoms with Crippen LogP contribution in [-0.4, -0.2) is 10.9 Å². The Kier molecular flexibility index (Phi) is 5.18. The van der Waals surface area contributed by atoms with E-state index in [0.29, 0.717) is 5.11 Å². The second kappa shape index (κ2) is 7.32. The Hall–Kier alpha value is -1.59. The number of hydrogen-bond acceptors (Lipinski definition) is 2. The molecule has 0 unspecified atom stereocenters. The van der Waals surface area contributed by atoms with Gasteiger partial charge in [0.15, 0.2) is 5.11 Å². The van der Waals surface area contributed by atoms with Crippen LogP contribution in [0.2, 0.25) is 0 Å². The van der Waals surface area contributed by atoms with E-state index < -0.39 is 0 Å². The zero-order valence-electron chi connectivity index (χ0n) is 12.9. The fourth-order valence-electron chi connectivity index (χ4n) is 2.76. The van der Waals surface area contributed by atoms with Crippen LogP contribution in [-0.2, 0) is 0 Å². The summed E-state index contributed by atoms with van der Waals surface area (Å²) in [4.78, 5) is 0.746. The molecule has 3 rings (SSSR count). The molecule has 1 aliphatic rings. The van der Waals surface area contributed by atoms with Crippen molar-refractivity contribution in [3.63, 3.8) is 0 Å². The first-order valence-corrected chi connectivity index (χ1v) is 9.07. The van der Waals surface area contributed by atoms with Gasteiger partial charge in [0.1, 0.15) is 5.82 Å². The number of halogens is 1. The summed E-state index contributed by atoms with van der Waals surface area (Å²) in [5.41, 5.74) is 2.18. The minimum atomic E-state index is -0.143. The van der Waals surface area contributed by atoms with E-state index in [4.69, 9.17) is 12.2 Å². The first-order valence-electron chi connectivity index (χ1n) is 7.68. The minimum Gasteiger partial charge on any atom is -0.356 e. The number of benzene rings is 2. The molecule has 1 aliphatic heterocycles. The summed E-state index contributed by atoms with van der Waals surface area (Å²) in [7, 11) is 0. The highest BCUT2D eigenvalue weighted by Crippen LogP contribution is 2.37. The molecule has 0 amide bonds. The molecule has 0 radical (unpaired) electrons. The second-order valence-corrected chi connectivity index (χ2v) is 7.11. The Labute approximate surface area is 145 Å². The van der Waals surface area contributed by atoms with Gasteiger partial charge in [0.2, 0.25) is 0 Å². The van der Waals surface area contributed by atoms with Crippen molar-refractivity contribution >= 4 is 29.1 Å². The van der Waals surface area contributed by atoms with Gasteiger partial charge in [-0.1, -0.05) is 42.5 Å². The molecule has 0 aliphatic carbocycles. The maximum atomic E-state index is 13.9. The monoisotopic (exact) mass is 346 g/mol. The Morgan fingerprint density at radius 3 is 2.78 bits per heavy atom. The number of nitrogens with one attached hydrogen (secondary N) is 2. The van der Waals surface area contributed by atoms with E-state index in [9.17, 15) is 4.39 Å². The van der Waals surface area contributed by atoms with Crippen molar-refractivity contribution in [2.24, 2.45) is 0 Å². The largest absolute Gasteiger partial charge is 0.356 e. The van der Waals surface area contributed by atoms with Gasteiger partial charge in [-0.25, -0.2) is 4.39 Å². The third-order valence-corrected chi connectivity index (χ3v) is 5.37. The molecule has 0 aromatic heterocycles. The van der Waals surface area contributed by atoms with Crippen molar-refractivity contribution in [3.8, 4) is 0 Å². The Morgan fingerprint density at radius 2 is 2.00 bits per heavy atom. The Morgan fingerprint density at radius 1 is 1.22 bits per heavy atom. The molecule has 0 saturated carbocycles. The van der Waals surface area contributed by atoms with Gasteiger partial charge in [-0.05, 0) is 42.8 Å². The van der Waals surface area contributed by atoms with E-state index in [-0.39, 0.29) is 17.9 Å². The maximum Gasteiger partial charge on any atom is 0.167 e. The van der Waals surface area contributed by atoms with Crippen LogP contribution in [0.25, 0.3) is 0 Å². The topological polar surface area (TPSA) is 24.1 Å². The van der Waals surface area contributed by atoms with Crippen LogP contribution in [0.5, 0.6) is 0 Å². The van der Waals surface area contributed by atoms with Crippen molar-refractivity contribution in [1.29, 1.82) is 0 Å².